The van der Waals surface area contributed by atoms with E-state index in [4.69, 9.17) is 0 Å². The van der Waals surface area contributed by atoms with E-state index in [-0.39, 0.29) is 0 Å². The summed E-state index contributed by atoms with van der Waals surface area (Å²) in [5, 5.41) is 3.30. The van der Waals surface area contributed by atoms with Crippen LogP contribution < -0.4 is 5.32 Å². The summed E-state index contributed by atoms with van der Waals surface area (Å²) in [6.45, 7) is 19.3. The van der Waals surface area contributed by atoms with E-state index in [1.165, 1.54) is 76.8 Å². The van der Waals surface area contributed by atoms with Gasteiger partial charge in [0.2, 0.25) is 0 Å². The largest absolute Gasteiger partial charge is 0.388 e. The van der Waals surface area contributed by atoms with Crippen molar-refractivity contribution in [3.05, 3.63) is 112 Å². The highest BCUT2D eigenvalue weighted by Crippen LogP contribution is 2.38. The van der Waals surface area contributed by atoms with Crippen molar-refractivity contribution in [1.82, 2.24) is 0 Å². The minimum Gasteiger partial charge on any atom is -0.388 e. The Bertz CT molecular complexity index is 1010. The van der Waals surface area contributed by atoms with Crippen LogP contribution in [0.25, 0.3) is 0 Å². The maximum atomic E-state index is 4.08. The third-order valence-electron chi connectivity index (χ3n) is 6.86. The molecule has 0 unspecified atom stereocenters. The zero-order valence-corrected chi connectivity index (χ0v) is 22.4. The summed E-state index contributed by atoms with van der Waals surface area (Å²) in [7, 11) is 1.98. The highest BCUT2D eigenvalue weighted by molar-refractivity contribution is 5.54. The highest BCUT2D eigenvalue weighted by atomic mass is 14.8. The topological polar surface area (TPSA) is 12.0 Å². The monoisotopic (exact) mass is 455 g/mol. The van der Waals surface area contributed by atoms with Gasteiger partial charge in [-0.3, -0.25) is 0 Å². The molecule has 1 nitrogen and oxygen atoms in total. The average molecular weight is 456 g/mol. The second-order valence-electron chi connectivity index (χ2n) is 9.85. The van der Waals surface area contributed by atoms with Gasteiger partial charge in [-0.25, -0.2) is 0 Å². The zero-order chi connectivity index (χ0) is 25.1. The Morgan fingerprint density at radius 3 is 2.24 bits per heavy atom. The predicted octanol–water partition coefficient (Wildman–Crippen LogP) is 9.69. The van der Waals surface area contributed by atoms with Crippen molar-refractivity contribution in [2.75, 3.05) is 12.4 Å². The van der Waals surface area contributed by atoms with Gasteiger partial charge in [0.25, 0.3) is 0 Å². The van der Waals surface area contributed by atoms with Crippen LogP contribution in [0, 0.1) is 5.92 Å². The van der Waals surface area contributed by atoms with E-state index in [1.807, 2.05) is 13.1 Å². The smallest absolute Gasteiger partial charge is 0.0373 e. The number of allylic oxidation sites excluding steroid dienone is 12. The quantitative estimate of drug-likeness (QED) is 0.346. The van der Waals surface area contributed by atoms with Gasteiger partial charge < -0.3 is 5.32 Å². The van der Waals surface area contributed by atoms with E-state index in [2.05, 4.69) is 102 Å². The molecular weight excluding hydrogens is 410 g/mol. The van der Waals surface area contributed by atoms with E-state index >= 15 is 0 Å². The van der Waals surface area contributed by atoms with E-state index in [0.717, 1.165) is 12.0 Å². The molecule has 1 saturated carbocycles. The van der Waals surface area contributed by atoms with Gasteiger partial charge in [0.1, 0.15) is 0 Å². The van der Waals surface area contributed by atoms with Gasteiger partial charge in [-0.2, -0.15) is 0 Å². The standard InChI is InChI=1S/C33H45N/c1-9-28(23-30-17-13-14-18-32(30)34-8)21-20-26(6)27(7)33(29-15-11-10-12-16-29)31(25(4)5)22-19-24(2)3/h9,13-14,17-22,29,34H,1-2,10-12,15-16,23H2,3-8H3/b22-19-,26-20+,28-21+,33-27+. The summed E-state index contributed by atoms with van der Waals surface area (Å²) in [4.78, 5) is 0. The Hall–Kier alpha value is -2.80. The van der Waals surface area contributed by atoms with Crippen molar-refractivity contribution in [3.63, 3.8) is 0 Å². The number of hydrogen-bond acceptors (Lipinski definition) is 1. The van der Waals surface area contributed by atoms with Crippen LogP contribution >= 0.6 is 0 Å². The molecule has 182 valence electrons. The first kappa shape index (κ1) is 27.4. The Labute approximate surface area is 209 Å². The average Bonchev–Trinajstić information content (AvgIpc) is 2.84. The Balaban J connectivity index is 2.49. The van der Waals surface area contributed by atoms with Gasteiger partial charge in [0, 0.05) is 12.7 Å². The number of nitrogens with one attached hydrogen (secondary N) is 1. The van der Waals surface area contributed by atoms with Crippen LogP contribution in [0.1, 0.15) is 72.3 Å². The van der Waals surface area contributed by atoms with E-state index in [9.17, 15) is 0 Å². The lowest BCUT2D eigenvalue weighted by Gasteiger charge is -2.28. The third-order valence-corrected chi connectivity index (χ3v) is 6.86. The lowest BCUT2D eigenvalue weighted by molar-refractivity contribution is 0.404. The summed E-state index contributed by atoms with van der Waals surface area (Å²) < 4.78 is 0. The second kappa shape index (κ2) is 13.8. The molecule has 0 radical (unpaired) electrons. The van der Waals surface area contributed by atoms with Gasteiger partial charge in [-0.05, 0) is 99.3 Å². The normalized spacial score (nSPS) is 16.3. The Kier molecular flexibility index (Phi) is 11.1. The second-order valence-corrected chi connectivity index (χ2v) is 9.85. The molecule has 0 spiro atoms. The number of hydrogen-bond donors (Lipinski definition) is 1. The van der Waals surface area contributed by atoms with Crippen LogP contribution in [0.5, 0.6) is 0 Å². The summed E-state index contributed by atoms with van der Waals surface area (Å²) >= 11 is 0. The molecule has 0 saturated heterocycles. The van der Waals surface area contributed by atoms with Gasteiger partial charge in [-0.15, -0.1) is 0 Å². The van der Waals surface area contributed by atoms with Crippen molar-refractivity contribution in [2.45, 2.75) is 73.1 Å². The summed E-state index contributed by atoms with van der Waals surface area (Å²) in [5.74, 6) is 0.627. The minimum absolute atomic E-state index is 0.627. The molecule has 1 aliphatic rings. The lowest BCUT2D eigenvalue weighted by Crippen LogP contribution is -2.13. The maximum Gasteiger partial charge on any atom is 0.0373 e. The van der Waals surface area contributed by atoms with E-state index < -0.39 is 0 Å². The van der Waals surface area contributed by atoms with Crippen molar-refractivity contribution in [2.24, 2.45) is 5.92 Å². The number of para-hydroxylation sites is 1. The Morgan fingerprint density at radius 1 is 0.971 bits per heavy atom. The van der Waals surface area contributed by atoms with Gasteiger partial charge in [-0.1, -0.05) is 92.1 Å². The van der Waals surface area contributed by atoms with Crippen LogP contribution in [0.15, 0.2) is 107 Å². The van der Waals surface area contributed by atoms with Crippen molar-refractivity contribution >= 4 is 5.69 Å². The molecule has 0 aliphatic heterocycles. The third kappa shape index (κ3) is 7.90. The maximum absolute atomic E-state index is 4.08. The molecule has 1 aromatic rings. The highest BCUT2D eigenvalue weighted by Gasteiger charge is 2.22. The fourth-order valence-corrected chi connectivity index (χ4v) is 4.78. The fourth-order valence-electron chi connectivity index (χ4n) is 4.78. The molecular formula is C33H45N. The van der Waals surface area contributed by atoms with E-state index in [0.29, 0.717) is 5.92 Å². The summed E-state index contributed by atoms with van der Waals surface area (Å²) in [5.41, 5.74) is 11.8. The van der Waals surface area contributed by atoms with Crippen molar-refractivity contribution in [1.29, 1.82) is 0 Å². The summed E-state index contributed by atoms with van der Waals surface area (Å²) in [6, 6.07) is 8.47. The molecule has 0 aromatic heterocycles. The molecule has 0 atom stereocenters. The lowest BCUT2D eigenvalue weighted by atomic mass is 9.76. The molecule has 34 heavy (non-hydrogen) atoms. The molecule has 2 rings (SSSR count). The number of benzene rings is 1. The first-order chi connectivity index (χ1) is 16.3. The van der Waals surface area contributed by atoms with Gasteiger partial charge in [0.05, 0.1) is 0 Å². The van der Waals surface area contributed by atoms with Crippen LogP contribution in [0.3, 0.4) is 0 Å². The first-order valence-corrected chi connectivity index (χ1v) is 12.8. The minimum atomic E-state index is 0.627. The molecule has 1 fully saturated rings. The number of rotatable bonds is 10. The van der Waals surface area contributed by atoms with Crippen LogP contribution in [-0.4, -0.2) is 7.05 Å². The Morgan fingerprint density at radius 2 is 1.65 bits per heavy atom. The van der Waals surface area contributed by atoms with Crippen molar-refractivity contribution in [3.8, 4) is 0 Å². The molecule has 1 heteroatoms. The molecule has 1 aromatic carbocycles. The molecule has 0 bridgehead atoms. The van der Waals surface area contributed by atoms with Gasteiger partial charge >= 0.3 is 0 Å². The van der Waals surface area contributed by atoms with E-state index in [1.54, 1.807) is 0 Å². The predicted molar refractivity (Wildman–Crippen MR) is 153 cm³/mol. The van der Waals surface area contributed by atoms with Crippen molar-refractivity contribution < 1.29 is 0 Å². The number of anilines is 1. The first-order valence-electron chi connectivity index (χ1n) is 12.8. The van der Waals surface area contributed by atoms with Crippen LogP contribution in [-0.2, 0) is 6.42 Å². The zero-order valence-electron chi connectivity index (χ0n) is 22.4. The fraction of sp³-hybridized carbons (Fsp3) is 0.394. The molecule has 1 aliphatic carbocycles. The van der Waals surface area contributed by atoms with Gasteiger partial charge in [0.15, 0.2) is 0 Å². The molecule has 1 N–H and O–H groups in total. The summed E-state index contributed by atoms with van der Waals surface area (Å²) in [6.07, 6.45) is 18.4. The van der Waals surface area contributed by atoms with Crippen LogP contribution in [0.4, 0.5) is 5.69 Å². The molecule has 0 heterocycles. The van der Waals surface area contributed by atoms with Crippen LogP contribution in [0.2, 0.25) is 0 Å². The SMILES string of the molecule is C=C\C(=C/C=C(C)/C(C)=C(/C(/C=C\C(=C)C)=C(C)C)C1CCCCC1)Cc1ccccc1NC. The molecule has 0 amide bonds.